The van der Waals surface area contributed by atoms with Crippen molar-refractivity contribution in [3.05, 3.63) is 33.5 Å². The molecule has 5 heterocycles. The highest BCUT2D eigenvalue weighted by Crippen LogP contribution is 2.54. The van der Waals surface area contributed by atoms with E-state index in [-0.39, 0.29) is 23.1 Å². The molecule has 0 saturated carbocycles. The van der Waals surface area contributed by atoms with Gasteiger partial charge >= 0.3 is 0 Å². The molecule has 1 N–H and O–H groups in total. The topological polar surface area (TPSA) is 48.8 Å². The first kappa shape index (κ1) is 17.2. The van der Waals surface area contributed by atoms with Crippen LogP contribution in [0.5, 0.6) is 5.75 Å². The number of aliphatic hydroxyl groups is 1. The molecule has 0 amide bonds. The summed E-state index contributed by atoms with van der Waals surface area (Å²) in [5.41, 5.74) is 2.18. The van der Waals surface area contributed by atoms with E-state index in [1.165, 1.54) is 5.56 Å². The predicted molar refractivity (Wildman–Crippen MR) is 109 cm³/mol. The van der Waals surface area contributed by atoms with Crippen LogP contribution in [0.15, 0.2) is 24.3 Å². The number of nitrogens with zero attached hydrogens (tertiary/aromatic N) is 3. The number of hydrogen-bond donors (Lipinski definition) is 1. The number of halogens is 1. The number of piperidine rings is 2. The van der Waals surface area contributed by atoms with E-state index in [2.05, 4.69) is 58.4 Å². The van der Waals surface area contributed by atoms with Gasteiger partial charge in [-0.3, -0.25) is 9.80 Å². The van der Waals surface area contributed by atoms with E-state index in [9.17, 15) is 5.11 Å². The highest BCUT2D eigenvalue weighted by atomic mass is 127. The number of aromatic nitrogens is 1. The van der Waals surface area contributed by atoms with E-state index >= 15 is 0 Å². The van der Waals surface area contributed by atoms with Crippen LogP contribution in [0.4, 0.5) is 0 Å². The largest absolute Gasteiger partial charge is 0.497 e. The molecule has 6 heteroatoms. The molecule has 0 unspecified atom stereocenters. The van der Waals surface area contributed by atoms with Crippen molar-refractivity contribution in [2.24, 2.45) is 10.8 Å². The number of fused-ring (bicyclic) bond motifs is 1. The number of aliphatic hydroxyl groups excluding tert-OH is 1. The Labute approximate surface area is 167 Å². The van der Waals surface area contributed by atoms with Crippen molar-refractivity contribution in [2.75, 3.05) is 33.3 Å². The molecule has 4 aliphatic heterocycles. The quantitative estimate of drug-likeness (QED) is 0.546. The van der Waals surface area contributed by atoms with Crippen molar-refractivity contribution in [2.45, 2.75) is 26.1 Å². The monoisotopic (exact) mass is 465 g/mol. The van der Waals surface area contributed by atoms with Crippen molar-refractivity contribution in [3.8, 4) is 5.75 Å². The maximum absolute atomic E-state index is 10.9. The minimum absolute atomic E-state index is 0.0369. The number of benzene rings is 1. The Morgan fingerprint density at radius 2 is 1.73 bits per heavy atom. The van der Waals surface area contributed by atoms with Gasteiger partial charge in [0.2, 0.25) is 0 Å². The van der Waals surface area contributed by atoms with Crippen molar-refractivity contribution in [1.29, 1.82) is 0 Å². The van der Waals surface area contributed by atoms with Gasteiger partial charge in [-0.25, -0.2) is 4.98 Å². The third-order valence-corrected chi connectivity index (χ3v) is 7.42. The van der Waals surface area contributed by atoms with Gasteiger partial charge in [0.25, 0.3) is 0 Å². The van der Waals surface area contributed by atoms with Crippen molar-refractivity contribution < 1.29 is 9.84 Å². The summed E-state index contributed by atoms with van der Waals surface area (Å²) in [6.07, 6.45) is 0.0410. The third-order valence-electron chi connectivity index (χ3n) is 6.55. The van der Waals surface area contributed by atoms with Crippen molar-refractivity contribution >= 4 is 33.5 Å². The second-order valence-electron chi connectivity index (χ2n) is 8.82. The first-order valence-electron chi connectivity index (χ1n) is 9.13. The second-order valence-corrected chi connectivity index (χ2v) is 9.84. The molecular weight excluding hydrogens is 441 g/mol. The van der Waals surface area contributed by atoms with E-state index in [0.717, 1.165) is 46.5 Å². The van der Waals surface area contributed by atoms with E-state index in [1.807, 2.05) is 12.1 Å². The van der Waals surface area contributed by atoms with Crippen LogP contribution in [0, 0.1) is 14.5 Å². The molecule has 2 aromatic rings. The van der Waals surface area contributed by atoms with Gasteiger partial charge in [0.05, 0.1) is 24.9 Å². The average Bonchev–Trinajstić information content (AvgIpc) is 2.58. The maximum Gasteiger partial charge on any atom is 0.121 e. The van der Waals surface area contributed by atoms with Crippen LogP contribution in [0.3, 0.4) is 0 Å². The Balaban J connectivity index is 1.58. The molecule has 5 nitrogen and oxygen atoms in total. The zero-order valence-electron chi connectivity index (χ0n) is 15.4. The highest BCUT2D eigenvalue weighted by molar-refractivity contribution is 14.1. The van der Waals surface area contributed by atoms with Gasteiger partial charge in [-0.1, -0.05) is 13.8 Å². The lowest BCUT2D eigenvalue weighted by Gasteiger charge is -2.68. The minimum Gasteiger partial charge on any atom is -0.497 e. The van der Waals surface area contributed by atoms with Crippen LogP contribution in [-0.2, 0) is 0 Å². The zero-order chi connectivity index (χ0) is 18.3. The highest BCUT2D eigenvalue weighted by Gasteiger charge is 2.62. The van der Waals surface area contributed by atoms with Gasteiger partial charge in [-0.15, -0.1) is 0 Å². The Bertz CT molecular complexity index is 864. The van der Waals surface area contributed by atoms with E-state index in [0.29, 0.717) is 0 Å². The summed E-state index contributed by atoms with van der Waals surface area (Å²) in [5, 5.41) is 12.0. The molecule has 4 aliphatic rings. The van der Waals surface area contributed by atoms with E-state index in [4.69, 9.17) is 9.72 Å². The van der Waals surface area contributed by atoms with Gasteiger partial charge in [0.15, 0.2) is 0 Å². The molecule has 0 spiro atoms. The van der Waals surface area contributed by atoms with Crippen molar-refractivity contribution in [1.82, 2.24) is 14.8 Å². The summed E-state index contributed by atoms with van der Waals surface area (Å²) in [4.78, 5) is 9.97. The molecule has 0 radical (unpaired) electrons. The Morgan fingerprint density at radius 1 is 1.12 bits per heavy atom. The Morgan fingerprint density at radius 3 is 2.31 bits per heavy atom. The summed E-state index contributed by atoms with van der Waals surface area (Å²) in [7, 11) is 1.69. The molecule has 0 atom stereocenters. The maximum atomic E-state index is 10.9. The van der Waals surface area contributed by atoms with Crippen LogP contribution in [0.2, 0.25) is 0 Å². The lowest BCUT2D eigenvalue weighted by atomic mass is 9.60. The van der Waals surface area contributed by atoms with Gasteiger partial charge in [0, 0.05) is 54.0 Å². The number of ether oxygens (including phenoxy) is 1. The fourth-order valence-corrected chi connectivity index (χ4v) is 6.37. The predicted octanol–water partition coefficient (Wildman–Crippen LogP) is 2.86. The number of pyridine rings is 1. The molecule has 1 aromatic heterocycles. The molecule has 4 fully saturated rings. The number of rotatable bonds is 2. The SMILES string of the molecule is COc1ccc2cc(C3N4CC5(C)CN3CC(C)(C4)C5O)c(I)nc2c1. The van der Waals surface area contributed by atoms with Crippen LogP contribution >= 0.6 is 22.6 Å². The molecular formula is C20H24IN3O2. The molecule has 0 aliphatic carbocycles. The van der Waals surface area contributed by atoms with Gasteiger partial charge < -0.3 is 9.84 Å². The zero-order valence-corrected chi connectivity index (χ0v) is 17.5. The van der Waals surface area contributed by atoms with Crippen LogP contribution in [-0.4, -0.2) is 59.3 Å². The fraction of sp³-hybridized carbons (Fsp3) is 0.550. The molecule has 1 aromatic carbocycles. The minimum atomic E-state index is -0.218. The first-order chi connectivity index (χ1) is 12.3. The van der Waals surface area contributed by atoms with Gasteiger partial charge in [-0.2, -0.15) is 0 Å². The molecule has 26 heavy (non-hydrogen) atoms. The second kappa shape index (κ2) is 5.53. The van der Waals surface area contributed by atoms with Crippen LogP contribution in [0.1, 0.15) is 25.6 Å². The third kappa shape index (κ3) is 2.28. The lowest BCUT2D eigenvalue weighted by Crippen LogP contribution is -2.76. The fourth-order valence-electron chi connectivity index (χ4n) is 5.67. The summed E-state index contributed by atoms with van der Waals surface area (Å²) >= 11 is 2.37. The van der Waals surface area contributed by atoms with Gasteiger partial charge in [0.1, 0.15) is 9.45 Å². The standard InChI is InChI=1S/C20H24IN3O2/c1-19-8-23-10-20(2,18(19)25)11-24(9-19)17(23)14-6-12-4-5-13(26-3)7-15(12)22-16(14)21/h4-7,17-18,25H,8-11H2,1-3H3. The van der Waals surface area contributed by atoms with Crippen LogP contribution in [0.25, 0.3) is 10.9 Å². The summed E-state index contributed by atoms with van der Waals surface area (Å²) in [6, 6.07) is 8.37. The Kier molecular flexibility index (Phi) is 3.65. The first-order valence-corrected chi connectivity index (χ1v) is 10.2. The number of methoxy groups -OCH3 is 1. The lowest BCUT2D eigenvalue weighted by molar-refractivity contribution is -0.254. The Hall–Kier alpha value is -0.960. The normalized spacial score (nSPS) is 41.0. The molecule has 6 rings (SSSR count). The smallest absolute Gasteiger partial charge is 0.121 e. The summed E-state index contributed by atoms with van der Waals surface area (Å²) in [6.45, 7) is 8.26. The number of hydrogen-bond acceptors (Lipinski definition) is 5. The molecule has 138 valence electrons. The molecule has 4 bridgehead atoms. The summed E-state index contributed by atoms with van der Waals surface area (Å²) < 4.78 is 6.39. The molecule has 4 saturated heterocycles. The van der Waals surface area contributed by atoms with Crippen molar-refractivity contribution in [3.63, 3.8) is 0 Å². The average molecular weight is 465 g/mol. The van der Waals surface area contributed by atoms with E-state index < -0.39 is 0 Å². The summed E-state index contributed by atoms with van der Waals surface area (Å²) in [5.74, 6) is 0.838. The van der Waals surface area contributed by atoms with E-state index in [1.54, 1.807) is 7.11 Å². The van der Waals surface area contributed by atoms with Crippen LogP contribution < -0.4 is 4.74 Å². The van der Waals surface area contributed by atoms with Gasteiger partial charge in [-0.05, 0) is 40.8 Å².